The Morgan fingerprint density at radius 1 is 1.38 bits per heavy atom. The Morgan fingerprint density at radius 2 is 2.05 bits per heavy atom. The molecule has 6 nitrogen and oxygen atoms in total. The van der Waals surface area contributed by atoms with Crippen molar-refractivity contribution in [2.45, 2.75) is 33.6 Å². The summed E-state index contributed by atoms with van der Waals surface area (Å²) in [6.45, 7) is 5.98. The number of hydrogen-bond donors (Lipinski definition) is 1. The number of nitrogens with zero attached hydrogens (tertiary/aromatic N) is 2. The summed E-state index contributed by atoms with van der Waals surface area (Å²) in [6.07, 6.45) is 1.39. The van der Waals surface area contributed by atoms with Gasteiger partial charge in [-0.05, 0) is 25.8 Å². The van der Waals surface area contributed by atoms with E-state index in [2.05, 4.69) is 4.98 Å². The molecule has 0 aliphatic rings. The van der Waals surface area contributed by atoms with Gasteiger partial charge in [0.05, 0.1) is 18.7 Å². The molecule has 1 aromatic rings. The molecule has 1 N–H and O–H groups in total. The second-order valence-electron chi connectivity index (χ2n) is 4.70. The van der Waals surface area contributed by atoms with Crippen molar-refractivity contribution < 1.29 is 14.3 Å². The second kappa shape index (κ2) is 7.48. The summed E-state index contributed by atoms with van der Waals surface area (Å²) in [5.41, 5.74) is 2.09. The molecule has 0 aromatic carbocycles. The zero-order valence-electron chi connectivity index (χ0n) is 12.9. The van der Waals surface area contributed by atoms with E-state index in [1.54, 1.807) is 6.92 Å². The number of aromatic nitrogens is 1. The van der Waals surface area contributed by atoms with Gasteiger partial charge in [0.1, 0.15) is 12.2 Å². The van der Waals surface area contributed by atoms with Gasteiger partial charge in [-0.15, -0.1) is 0 Å². The standard InChI is InChI=1S/C15H21N3O3/c1-5-7-11-12(15(20)21-4)10(3)17-13(11)14(19)18(6-2)9-8-16/h17H,5-7,9H2,1-4H3. The summed E-state index contributed by atoms with van der Waals surface area (Å²) >= 11 is 0. The third-order valence-electron chi connectivity index (χ3n) is 3.32. The van der Waals surface area contributed by atoms with Crippen LogP contribution < -0.4 is 0 Å². The van der Waals surface area contributed by atoms with E-state index in [9.17, 15) is 9.59 Å². The van der Waals surface area contributed by atoms with Crippen molar-refractivity contribution in [1.29, 1.82) is 5.26 Å². The van der Waals surface area contributed by atoms with Gasteiger partial charge in [0.15, 0.2) is 0 Å². The Bertz CT molecular complexity index is 569. The molecule has 114 valence electrons. The van der Waals surface area contributed by atoms with Crippen LogP contribution in [-0.4, -0.2) is 42.0 Å². The summed E-state index contributed by atoms with van der Waals surface area (Å²) < 4.78 is 4.80. The molecule has 6 heteroatoms. The predicted octanol–water partition coefficient (Wildman–Crippen LogP) is 2.05. The fourth-order valence-corrected chi connectivity index (χ4v) is 2.31. The fourth-order valence-electron chi connectivity index (χ4n) is 2.31. The van der Waals surface area contributed by atoms with E-state index >= 15 is 0 Å². The van der Waals surface area contributed by atoms with Crippen LogP contribution in [0, 0.1) is 18.3 Å². The number of esters is 1. The maximum absolute atomic E-state index is 12.5. The Morgan fingerprint density at radius 3 is 2.52 bits per heavy atom. The molecule has 0 spiro atoms. The van der Waals surface area contributed by atoms with Crippen molar-refractivity contribution in [2.75, 3.05) is 20.2 Å². The summed E-state index contributed by atoms with van der Waals surface area (Å²) in [6, 6.07) is 1.98. The highest BCUT2D eigenvalue weighted by Gasteiger charge is 2.26. The maximum Gasteiger partial charge on any atom is 0.339 e. The minimum atomic E-state index is -0.449. The lowest BCUT2D eigenvalue weighted by molar-refractivity contribution is 0.0599. The van der Waals surface area contributed by atoms with Gasteiger partial charge in [0, 0.05) is 12.2 Å². The Balaban J connectivity index is 3.33. The molecule has 1 aromatic heterocycles. The molecule has 0 fully saturated rings. The molecule has 0 aliphatic heterocycles. The zero-order chi connectivity index (χ0) is 16.0. The van der Waals surface area contributed by atoms with Gasteiger partial charge in [-0.3, -0.25) is 4.79 Å². The quantitative estimate of drug-likeness (QED) is 0.642. The second-order valence-corrected chi connectivity index (χ2v) is 4.70. The molecule has 0 aliphatic carbocycles. The topological polar surface area (TPSA) is 86.2 Å². The van der Waals surface area contributed by atoms with Crippen LogP contribution in [0.4, 0.5) is 0 Å². The normalized spacial score (nSPS) is 10.0. The van der Waals surface area contributed by atoms with Crippen LogP contribution in [-0.2, 0) is 11.2 Å². The highest BCUT2D eigenvalue weighted by atomic mass is 16.5. The minimum absolute atomic E-state index is 0.0204. The third-order valence-corrected chi connectivity index (χ3v) is 3.32. The third kappa shape index (κ3) is 3.43. The number of nitriles is 1. The highest BCUT2D eigenvalue weighted by molar-refractivity contribution is 6.00. The number of hydrogen-bond acceptors (Lipinski definition) is 4. The van der Waals surface area contributed by atoms with E-state index in [1.807, 2.05) is 19.9 Å². The molecular formula is C15H21N3O3. The first-order chi connectivity index (χ1) is 10.0. The number of carbonyl (C=O) groups excluding carboxylic acids is 2. The largest absolute Gasteiger partial charge is 0.465 e. The van der Waals surface area contributed by atoms with Crippen LogP contribution in [0.3, 0.4) is 0 Å². The number of aryl methyl sites for hydroxylation is 1. The number of rotatable bonds is 6. The molecule has 21 heavy (non-hydrogen) atoms. The van der Waals surface area contributed by atoms with Crippen molar-refractivity contribution in [1.82, 2.24) is 9.88 Å². The first kappa shape index (κ1) is 16.8. The smallest absolute Gasteiger partial charge is 0.339 e. The molecule has 1 rings (SSSR count). The summed E-state index contributed by atoms with van der Waals surface area (Å²) in [7, 11) is 1.32. The van der Waals surface area contributed by atoms with Gasteiger partial charge in [-0.25, -0.2) is 4.79 Å². The summed E-state index contributed by atoms with van der Waals surface area (Å²) in [4.78, 5) is 28.9. The van der Waals surface area contributed by atoms with Crippen LogP contribution in [0.25, 0.3) is 0 Å². The number of methoxy groups -OCH3 is 1. The van der Waals surface area contributed by atoms with Gasteiger partial charge in [0.2, 0.25) is 0 Å². The highest BCUT2D eigenvalue weighted by Crippen LogP contribution is 2.23. The molecule has 0 radical (unpaired) electrons. The van der Waals surface area contributed by atoms with Gasteiger partial charge in [-0.1, -0.05) is 13.3 Å². The fraction of sp³-hybridized carbons (Fsp3) is 0.533. The predicted molar refractivity (Wildman–Crippen MR) is 78.1 cm³/mol. The van der Waals surface area contributed by atoms with Crippen LogP contribution in [0.5, 0.6) is 0 Å². The molecule has 0 saturated heterocycles. The van der Waals surface area contributed by atoms with Crippen molar-refractivity contribution >= 4 is 11.9 Å². The molecule has 0 bridgehead atoms. The molecule has 0 atom stereocenters. The lowest BCUT2D eigenvalue weighted by Gasteiger charge is -2.17. The molecule has 0 saturated carbocycles. The van der Waals surface area contributed by atoms with Gasteiger partial charge >= 0.3 is 5.97 Å². The number of nitrogens with one attached hydrogen (secondary N) is 1. The maximum atomic E-state index is 12.5. The molecular weight excluding hydrogens is 270 g/mol. The van der Waals surface area contributed by atoms with Gasteiger partial charge in [-0.2, -0.15) is 5.26 Å². The Kier molecular flexibility index (Phi) is 5.97. The van der Waals surface area contributed by atoms with Crippen molar-refractivity contribution in [3.63, 3.8) is 0 Å². The lowest BCUT2D eigenvalue weighted by Crippen LogP contribution is -2.32. The van der Waals surface area contributed by atoms with E-state index < -0.39 is 5.97 Å². The van der Waals surface area contributed by atoms with E-state index in [-0.39, 0.29) is 12.5 Å². The van der Waals surface area contributed by atoms with Crippen LogP contribution in [0.2, 0.25) is 0 Å². The minimum Gasteiger partial charge on any atom is -0.465 e. The van der Waals surface area contributed by atoms with E-state index in [0.717, 1.165) is 6.42 Å². The number of amides is 1. The van der Waals surface area contributed by atoms with Crippen molar-refractivity contribution in [2.24, 2.45) is 0 Å². The molecule has 0 unspecified atom stereocenters. The SMILES string of the molecule is CCCc1c(C(=O)N(CC)CC#N)[nH]c(C)c1C(=O)OC. The number of H-pyrrole nitrogens is 1. The Labute approximate surface area is 124 Å². The van der Waals surface area contributed by atoms with Gasteiger partial charge in [0.25, 0.3) is 5.91 Å². The average Bonchev–Trinajstić information content (AvgIpc) is 2.80. The first-order valence-electron chi connectivity index (χ1n) is 6.97. The number of aromatic amines is 1. The van der Waals surface area contributed by atoms with E-state index in [1.165, 1.54) is 12.0 Å². The van der Waals surface area contributed by atoms with E-state index in [4.69, 9.17) is 10.00 Å². The monoisotopic (exact) mass is 291 g/mol. The summed E-state index contributed by atoms with van der Waals surface area (Å²) in [5.74, 6) is -0.713. The van der Waals surface area contributed by atoms with Crippen molar-refractivity contribution in [3.8, 4) is 6.07 Å². The Hall–Kier alpha value is -2.29. The first-order valence-corrected chi connectivity index (χ1v) is 6.97. The zero-order valence-corrected chi connectivity index (χ0v) is 12.9. The number of ether oxygens (including phenoxy) is 1. The summed E-state index contributed by atoms with van der Waals surface area (Å²) in [5, 5.41) is 8.79. The van der Waals surface area contributed by atoms with Crippen LogP contribution in [0.15, 0.2) is 0 Å². The van der Waals surface area contributed by atoms with Crippen LogP contribution >= 0.6 is 0 Å². The number of carbonyl (C=O) groups is 2. The lowest BCUT2D eigenvalue weighted by atomic mass is 10.0. The average molecular weight is 291 g/mol. The van der Waals surface area contributed by atoms with Crippen molar-refractivity contribution in [3.05, 3.63) is 22.5 Å². The van der Waals surface area contributed by atoms with Gasteiger partial charge < -0.3 is 14.6 Å². The molecule has 1 heterocycles. The van der Waals surface area contributed by atoms with Crippen LogP contribution in [0.1, 0.15) is 52.4 Å². The molecule has 1 amide bonds. The van der Waals surface area contributed by atoms with E-state index in [0.29, 0.717) is 35.5 Å².